The molecule has 2 aromatic rings. The highest BCUT2D eigenvalue weighted by Gasteiger charge is 2.38. The number of pyridine rings is 1. The van der Waals surface area contributed by atoms with Gasteiger partial charge in [0, 0.05) is 31.1 Å². The first-order valence-corrected chi connectivity index (χ1v) is 15.9. The van der Waals surface area contributed by atoms with Crippen molar-refractivity contribution < 1.29 is 32.6 Å². The monoisotopic (exact) mass is 623 g/mol. The minimum absolute atomic E-state index is 0.142. The number of fused-ring (bicyclic) bond motifs is 1. The molecule has 0 spiro atoms. The summed E-state index contributed by atoms with van der Waals surface area (Å²) in [5, 5.41) is 13.4. The second kappa shape index (κ2) is 13.0. The number of ether oxygens (including phenoxy) is 1. The average molecular weight is 624 g/mol. The van der Waals surface area contributed by atoms with E-state index in [2.05, 4.69) is 5.32 Å². The molecule has 1 saturated carbocycles. The molecule has 2 amide bonds. The van der Waals surface area contributed by atoms with E-state index in [1.165, 1.54) is 19.3 Å². The number of hydrogen-bond donors (Lipinski definition) is 3. The number of amides is 2. The number of anilines is 1. The highest BCUT2D eigenvalue weighted by Crippen LogP contribution is 2.30. The fourth-order valence-electron chi connectivity index (χ4n) is 5.48. The van der Waals surface area contributed by atoms with E-state index in [1.807, 2.05) is 9.62 Å². The molecule has 12 nitrogen and oxygen atoms in total. The maximum Gasteiger partial charge on any atom is 0.422 e. The van der Waals surface area contributed by atoms with Crippen molar-refractivity contribution in [2.45, 2.75) is 70.9 Å². The van der Waals surface area contributed by atoms with E-state index in [-0.39, 0.29) is 12.5 Å². The molecule has 2 aliphatic rings. The van der Waals surface area contributed by atoms with E-state index in [1.54, 1.807) is 45.0 Å². The third kappa shape index (κ3) is 8.01. The Bertz CT molecular complexity index is 1440. The minimum atomic E-state index is -4.52. The van der Waals surface area contributed by atoms with Gasteiger partial charge in [0.05, 0.1) is 16.1 Å². The van der Waals surface area contributed by atoms with Crippen LogP contribution in [-0.2, 0) is 19.7 Å². The van der Waals surface area contributed by atoms with Crippen molar-refractivity contribution in [3.8, 4) is 0 Å². The molecule has 2 fully saturated rings. The van der Waals surface area contributed by atoms with Gasteiger partial charge in [0.25, 0.3) is 5.91 Å². The number of carbonyl (C=O) groups is 3. The molecule has 0 radical (unpaired) electrons. The topological polar surface area (TPSA) is 158 Å². The first kappa shape index (κ1) is 31.8. The van der Waals surface area contributed by atoms with Crippen LogP contribution in [0.2, 0.25) is 5.02 Å². The summed E-state index contributed by atoms with van der Waals surface area (Å²) in [7, 11) is -4.52. The summed E-state index contributed by atoms with van der Waals surface area (Å²) in [6.07, 6.45) is 4.92. The number of carboxylic acids is 1. The molecule has 1 aromatic heterocycles. The predicted molar refractivity (Wildman–Crippen MR) is 159 cm³/mol. The van der Waals surface area contributed by atoms with Crippen molar-refractivity contribution in [1.29, 1.82) is 0 Å². The second-order valence-electron chi connectivity index (χ2n) is 11.8. The molecule has 3 N–H and O–H groups in total. The molecule has 1 saturated heterocycles. The van der Waals surface area contributed by atoms with Gasteiger partial charge in [0.15, 0.2) is 0 Å². The minimum Gasteiger partial charge on any atom is -0.480 e. The molecule has 4 rings (SSSR count). The highest BCUT2D eigenvalue weighted by molar-refractivity contribution is 7.87. The van der Waals surface area contributed by atoms with Gasteiger partial charge in [-0.15, -0.1) is 0 Å². The Hall–Kier alpha value is -3.16. The van der Waals surface area contributed by atoms with Gasteiger partial charge in [-0.2, -0.15) is 12.7 Å². The van der Waals surface area contributed by atoms with Gasteiger partial charge in [-0.3, -0.25) is 9.59 Å². The van der Waals surface area contributed by atoms with Crippen LogP contribution in [0, 0.1) is 5.92 Å². The lowest BCUT2D eigenvalue weighted by molar-refractivity contribution is -0.137. The zero-order valence-electron chi connectivity index (χ0n) is 24.1. The van der Waals surface area contributed by atoms with Crippen LogP contribution in [0.3, 0.4) is 0 Å². The van der Waals surface area contributed by atoms with Gasteiger partial charge in [-0.1, -0.05) is 30.9 Å². The third-order valence-corrected chi connectivity index (χ3v) is 9.20. The summed E-state index contributed by atoms with van der Waals surface area (Å²) in [6.45, 7) is 5.05. The predicted octanol–water partition coefficient (Wildman–Crippen LogP) is 3.93. The van der Waals surface area contributed by atoms with Crippen molar-refractivity contribution in [3.63, 3.8) is 0 Å². The first-order valence-electron chi connectivity index (χ1n) is 14.1. The smallest absolute Gasteiger partial charge is 0.422 e. The number of nitrogens with zero attached hydrogens (tertiary/aromatic N) is 3. The second-order valence-corrected chi connectivity index (χ2v) is 13.8. The summed E-state index contributed by atoms with van der Waals surface area (Å²) in [6, 6.07) is 6.10. The molecular weight excluding hydrogens is 586 g/mol. The molecule has 42 heavy (non-hydrogen) atoms. The normalized spacial score (nSPS) is 18.3. The molecule has 0 bridgehead atoms. The van der Waals surface area contributed by atoms with Crippen LogP contribution in [0.1, 0.15) is 69.7 Å². The number of rotatable bonds is 9. The Morgan fingerprint density at radius 1 is 1.12 bits per heavy atom. The number of aliphatic carboxylic acids is 1. The quantitative estimate of drug-likeness (QED) is 0.376. The number of carboxylic acid groups (broad SMARTS) is 1. The summed E-state index contributed by atoms with van der Waals surface area (Å²) >= 11 is 6.45. The van der Waals surface area contributed by atoms with Crippen LogP contribution < -0.4 is 14.9 Å². The first-order chi connectivity index (χ1) is 19.7. The summed E-state index contributed by atoms with van der Waals surface area (Å²) < 4.78 is 33.7. The maximum atomic E-state index is 13.1. The van der Waals surface area contributed by atoms with Crippen LogP contribution in [0.5, 0.6) is 0 Å². The number of nitrogens with one attached hydrogen (secondary N) is 2. The van der Waals surface area contributed by atoms with Gasteiger partial charge < -0.3 is 20.1 Å². The Morgan fingerprint density at radius 3 is 2.50 bits per heavy atom. The molecule has 2 heterocycles. The number of aromatic nitrogens is 1. The molecule has 1 aromatic carbocycles. The lowest BCUT2D eigenvalue weighted by Gasteiger charge is -2.27. The van der Waals surface area contributed by atoms with Crippen molar-refractivity contribution >= 4 is 56.5 Å². The van der Waals surface area contributed by atoms with Crippen LogP contribution in [0.4, 0.5) is 10.6 Å². The van der Waals surface area contributed by atoms with Crippen molar-refractivity contribution in [2.75, 3.05) is 31.1 Å². The van der Waals surface area contributed by atoms with E-state index in [0.717, 1.165) is 17.1 Å². The maximum absolute atomic E-state index is 13.1. The molecule has 1 aliphatic carbocycles. The molecular formula is C28H38ClN5O7S. The van der Waals surface area contributed by atoms with Crippen molar-refractivity contribution in [1.82, 2.24) is 19.3 Å². The lowest BCUT2D eigenvalue weighted by Crippen LogP contribution is -2.52. The van der Waals surface area contributed by atoms with Crippen molar-refractivity contribution in [3.05, 3.63) is 34.9 Å². The number of halogens is 1. The van der Waals surface area contributed by atoms with Gasteiger partial charge in [0.2, 0.25) is 0 Å². The van der Waals surface area contributed by atoms with E-state index in [4.69, 9.17) is 21.3 Å². The van der Waals surface area contributed by atoms with Gasteiger partial charge in [-0.05, 0) is 70.2 Å². The standard InChI is InChI=1S/C28H38ClN5O7S/c1-28(2,3)41-27(38)32-42(39,40)34(17-24(35)36)19-13-14-33(16-19)23-12-9-20-22(31-23)11-10-21(29)25(20)26(37)30-15-18-7-5-4-6-8-18/h9-12,18-19H,4-8,13-17H2,1-3H3,(H,30,37)(H,32,38)(H,35,36)/t19-/m0/s1. The van der Waals surface area contributed by atoms with Gasteiger partial charge in [-0.25, -0.2) is 14.5 Å². The van der Waals surface area contributed by atoms with Crippen molar-refractivity contribution in [2.24, 2.45) is 5.92 Å². The zero-order valence-corrected chi connectivity index (χ0v) is 25.6. The zero-order chi connectivity index (χ0) is 30.7. The molecule has 14 heteroatoms. The number of benzene rings is 1. The molecule has 1 atom stereocenters. The fraction of sp³-hybridized carbons (Fsp3) is 0.571. The van der Waals surface area contributed by atoms with E-state index >= 15 is 0 Å². The van der Waals surface area contributed by atoms with Gasteiger partial charge >= 0.3 is 22.3 Å². The highest BCUT2D eigenvalue weighted by atomic mass is 35.5. The summed E-state index contributed by atoms with van der Waals surface area (Å²) in [5.41, 5.74) is -0.0384. The Balaban J connectivity index is 1.50. The Labute approximate surface area is 250 Å². The van der Waals surface area contributed by atoms with Crippen LogP contribution in [-0.4, -0.2) is 78.6 Å². The van der Waals surface area contributed by atoms with E-state index in [9.17, 15) is 27.9 Å². The van der Waals surface area contributed by atoms with Crippen LogP contribution in [0.15, 0.2) is 24.3 Å². The van der Waals surface area contributed by atoms with E-state index in [0.29, 0.717) is 52.7 Å². The SMILES string of the molecule is CC(C)(C)OC(=O)NS(=O)(=O)N(CC(=O)O)[C@H]1CCN(c2ccc3c(C(=O)NCC4CCCCC4)c(Cl)ccc3n2)C1. The molecule has 1 aliphatic heterocycles. The van der Waals surface area contributed by atoms with E-state index < -0.39 is 40.5 Å². The molecule has 0 unspecified atom stereocenters. The number of carbonyl (C=O) groups excluding carboxylic acids is 2. The summed E-state index contributed by atoms with van der Waals surface area (Å²) in [4.78, 5) is 43.4. The van der Waals surface area contributed by atoms with Gasteiger partial charge in [0.1, 0.15) is 18.0 Å². The third-order valence-electron chi connectivity index (χ3n) is 7.41. The molecule has 230 valence electrons. The number of hydrogen-bond acceptors (Lipinski definition) is 8. The average Bonchev–Trinajstić information content (AvgIpc) is 3.39. The lowest BCUT2D eigenvalue weighted by atomic mass is 9.89. The fourth-order valence-corrected chi connectivity index (χ4v) is 6.95. The van der Waals surface area contributed by atoms with Crippen LogP contribution in [0.25, 0.3) is 10.9 Å². The van der Waals surface area contributed by atoms with Crippen LogP contribution >= 0.6 is 11.6 Å². The summed E-state index contributed by atoms with van der Waals surface area (Å²) in [5.74, 6) is -0.612. The largest absolute Gasteiger partial charge is 0.480 e. The Morgan fingerprint density at radius 2 is 1.83 bits per heavy atom. The Kier molecular flexibility index (Phi) is 9.84.